The van der Waals surface area contributed by atoms with Gasteiger partial charge in [-0.2, -0.15) is 11.8 Å². The van der Waals surface area contributed by atoms with Gasteiger partial charge in [-0.25, -0.2) is 8.78 Å². The minimum atomic E-state index is -0.568. The summed E-state index contributed by atoms with van der Waals surface area (Å²) in [5.74, 6) is 0.843. The molecule has 0 aliphatic carbocycles. The van der Waals surface area contributed by atoms with Gasteiger partial charge in [-0.05, 0) is 24.7 Å². The van der Waals surface area contributed by atoms with Crippen LogP contribution in [0.25, 0.3) is 0 Å². The standard InChI is InChI=1S/C12H16F2N2S/c1-16-2-3-17-7-11(16)12(15)8-4-9(13)6-10(14)5-8/h4-6,11-12H,2-3,7,15H2,1H3. The molecule has 1 aliphatic heterocycles. The molecule has 0 amide bonds. The van der Waals surface area contributed by atoms with Crippen molar-refractivity contribution in [2.75, 3.05) is 25.1 Å². The Morgan fingerprint density at radius 2 is 2.00 bits per heavy atom. The van der Waals surface area contributed by atoms with Gasteiger partial charge in [-0.15, -0.1) is 0 Å². The highest BCUT2D eigenvalue weighted by atomic mass is 32.2. The van der Waals surface area contributed by atoms with E-state index >= 15 is 0 Å². The van der Waals surface area contributed by atoms with E-state index in [0.717, 1.165) is 24.1 Å². The summed E-state index contributed by atoms with van der Waals surface area (Å²) in [5.41, 5.74) is 6.64. The molecule has 17 heavy (non-hydrogen) atoms. The zero-order valence-electron chi connectivity index (χ0n) is 9.70. The molecule has 94 valence electrons. The Balaban J connectivity index is 2.20. The van der Waals surface area contributed by atoms with E-state index in [0.29, 0.717) is 5.56 Å². The fourth-order valence-corrected chi connectivity index (χ4v) is 3.36. The molecule has 1 heterocycles. The molecule has 1 aromatic rings. The first-order valence-corrected chi connectivity index (χ1v) is 6.73. The maximum absolute atomic E-state index is 13.1. The van der Waals surface area contributed by atoms with Gasteiger partial charge in [-0.1, -0.05) is 0 Å². The van der Waals surface area contributed by atoms with Gasteiger partial charge in [0.15, 0.2) is 0 Å². The molecular formula is C12H16F2N2S. The van der Waals surface area contributed by atoms with Crippen LogP contribution >= 0.6 is 11.8 Å². The van der Waals surface area contributed by atoms with Crippen molar-refractivity contribution in [1.29, 1.82) is 0 Å². The van der Waals surface area contributed by atoms with Crippen LogP contribution in [-0.2, 0) is 0 Å². The molecule has 2 N–H and O–H groups in total. The van der Waals surface area contributed by atoms with Crippen LogP contribution in [0.5, 0.6) is 0 Å². The Bertz CT molecular complexity index is 380. The SMILES string of the molecule is CN1CCSCC1C(N)c1cc(F)cc(F)c1. The summed E-state index contributed by atoms with van der Waals surface area (Å²) in [4.78, 5) is 2.16. The number of nitrogens with two attached hydrogens (primary N) is 1. The molecule has 5 heteroatoms. The van der Waals surface area contributed by atoms with Crippen molar-refractivity contribution in [3.8, 4) is 0 Å². The minimum absolute atomic E-state index is 0.134. The van der Waals surface area contributed by atoms with Crippen LogP contribution in [0.1, 0.15) is 11.6 Å². The molecule has 2 rings (SSSR count). The number of halogens is 2. The Labute approximate surface area is 104 Å². The third kappa shape index (κ3) is 2.97. The lowest BCUT2D eigenvalue weighted by atomic mass is 10.00. The molecule has 0 bridgehead atoms. The van der Waals surface area contributed by atoms with E-state index in [4.69, 9.17) is 5.73 Å². The fourth-order valence-electron chi connectivity index (χ4n) is 2.07. The first kappa shape index (κ1) is 12.8. The maximum atomic E-state index is 13.1. The van der Waals surface area contributed by atoms with E-state index in [1.54, 1.807) is 0 Å². The monoisotopic (exact) mass is 258 g/mol. The zero-order chi connectivity index (χ0) is 12.4. The lowest BCUT2D eigenvalue weighted by molar-refractivity contribution is 0.237. The molecule has 0 spiro atoms. The molecule has 0 saturated carbocycles. The van der Waals surface area contributed by atoms with Gasteiger partial charge < -0.3 is 5.73 Å². The molecule has 1 aliphatic rings. The van der Waals surface area contributed by atoms with Gasteiger partial charge in [0.25, 0.3) is 0 Å². The third-order valence-electron chi connectivity index (χ3n) is 3.13. The van der Waals surface area contributed by atoms with E-state index in [9.17, 15) is 8.78 Å². The summed E-state index contributed by atoms with van der Waals surface area (Å²) >= 11 is 1.83. The third-order valence-corrected chi connectivity index (χ3v) is 4.18. The Morgan fingerprint density at radius 3 is 2.59 bits per heavy atom. The fraction of sp³-hybridized carbons (Fsp3) is 0.500. The number of thioether (sulfide) groups is 1. The zero-order valence-corrected chi connectivity index (χ0v) is 10.5. The molecule has 2 unspecified atom stereocenters. The Morgan fingerprint density at radius 1 is 1.35 bits per heavy atom. The molecule has 1 fully saturated rings. The van der Waals surface area contributed by atoms with Crippen LogP contribution in [0.15, 0.2) is 18.2 Å². The maximum Gasteiger partial charge on any atom is 0.126 e. The first-order valence-electron chi connectivity index (χ1n) is 5.57. The van der Waals surface area contributed by atoms with Crippen LogP contribution in [0.3, 0.4) is 0 Å². The van der Waals surface area contributed by atoms with Crippen LogP contribution < -0.4 is 5.73 Å². The second kappa shape index (κ2) is 5.33. The Kier molecular flexibility index (Phi) is 4.01. The van der Waals surface area contributed by atoms with Gasteiger partial charge >= 0.3 is 0 Å². The predicted octanol–water partition coefficient (Wildman–Crippen LogP) is 2.01. The molecule has 2 atom stereocenters. The molecule has 1 saturated heterocycles. The van der Waals surface area contributed by atoms with Gasteiger partial charge in [0, 0.05) is 36.2 Å². The van der Waals surface area contributed by atoms with Crippen LogP contribution in [-0.4, -0.2) is 36.0 Å². The summed E-state index contributed by atoms with van der Waals surface area (Å²) in [7, 11) is 2.00. The summed E-state index contributed by atoms with van der Waals surface area (Å²) in [6.45, 7) is 0.959. The van der Waals surface area contributed by atoms with E-state index in [1.807, 2.05) is 18.8 Å². The van der Waals surface area contributed by atoms with Crippen molar-refractivity contribution in [3.63, 3.8) is 0 Å². The van der Waals surface area contributed by atoms with Gasteiger partial charge in [0.1, 0.15) is 11.6 Å². The van der Waals surface area contributed by atoms with Crippen molar-refractivity contribution in [3.05, 3.63) is 35.4 Å². The molecule has 2 nitrogen and oxygen atoms in total. The van der Waals surface area contributed by atoms with Crippen LogP contribution in [0, 0.1) is 11.6 Å². The number of rotatable bonds is 2. The highest BCUT2D eigenvalue weighted by Crippen LogP contribution is 2.25. The number of benzene rings is 1. The molecule has 0 aromatic heterocycles. The van der Waals surface area contributed by atoms with Crippen LogP contribution in [0.2, 0.25) is 0 Å². The largest absolute Gasteiger partial charge is 0.323 e. The van der Waals surface area contributed by atoms with Crippen molar-refractivity contribution >= 4 is 11.8 Å². The normalized spacial score (nSPS) is 23.6. The minimum Gasteiger partial charge on any atom is -0.323 e. The topological polar surface area (TPSA) is 29.3 Å². The van der Waals surface area contributed by atoms with E-state index in [1.165, 1.54) is 12.1 Å². The van der Waals surface area contributed by atoms with Crippen molar-refractivity contribution in [2.45, 2.75) is 12.1 Å². The Hall–Kier alpha value is -0.650. The van der Waals surface area contributed by atoms with Crippen molar-refractivity contribution < 1.29 is 8.78 Å². The lowest BCUT2D eigenvalue weighted by Crippen LogP contribution is -2.46. The second-order valence-corrected chi connectivity index (χ2v) is 5.50. The molecule has 0 radical (unpaired) electrons. The average molecular weight is 258 g/mol. The number of hydrogen-bond acceptors (Lipinski definition) is 3. The summed E-state index contributed by atoms with van der Waals surface area (Å²) < 4.78 is 26.3. The van der Waals surface area contributed by atoms with Gasteiger partial charge in [0.2, 0.25) is 0 Å². The average Bonchev–Trinajstić information content (AvgIpc) is 2.27. The summed E-state index contributed by atoms with van der Waals surface area (Å²) in [5, 5.41) is 0. The highest BCUT2D eigenvalue weighted by Gasteiger charge is 2.27. The van der Waals surface area contributed by atoms with E-state index < -0.39 is 11.6 Å². The van der Waals surface area contributed by atoms with E-state index in [-0.39, 0.29) is 12.1 Å². The van der Waals surface area contributed by atoms with Crippen molar-refractivity contribution in [1.82, 2.24) is 4.90 Å². The lowest BCUT2D eigenvalue weighted by Gasteiger charge is -2.36. The smallest absolute Gasteiger partial charge is 0.126 e. The number of hydrogen-bond donors (Lipinski definition) is 1. The van der Waals surface area contributed by atoms with Crippen LogP contribution in [0.4, 0.5) is 8.78 Å². The highest BCUT2D eigenvalue weighted by molar-refractivity contribution is 7.99. The van der Waals surface area contributed by atoms with Gasteiger partial charge in [0.05, 0.1) is 0 Å². The predicted molar refractivity (Wildman–Crippen MR) is 67.0 cm³/mol. The number of nitrogens with zero attached hydrogens (tertiary/aromatic N) is 1. The molecule has 1 aromatic carbocycles. The molecular weight excluding hydrogens is 242 g/mol. The summed E-state index contributed by atoms with van der Waals surface area (Å²) in [6, 6.07) is 3.30. The van der Waals surface area contributed by atoms with E-state index in [2.05, 4.69) is 4.90 Å². The summed E-state index contributed by atoms with van der Waals surface area (Å²) in [6.07, 6.45) is 0. The quantitative estimate of drug-likeness (QED) is 0.880. The number of likely N-dealkylation sites (N-methyl/N-ethyl adjacent to an activating group) is 1. The first-order chi connectivity index (χ1) is 8.08. The van der Waals surface area contributed by atoms with Gasteiger partial charge in [-0.3, -0.25) is 4.90 Å². The second-order valence-electron chi connectivity index (χ2n) is 4.35. The van der Waals surface area contributed by atoms with Crippen molar-refractivity contribution in [2.24, 2.45) is 5.73 Å².